The lowest BCUT2D eigenvalue weighted by atomic mass is 10.2. The van der Waals surface area contributed by atoms with Crippen molar-refractivity contribution in [2.24, 2.45) is 0 Å². The van der Waals surface area contributed by atoms with Crippen LogP contribution in [-0.4, -0.2) is 5.91 Å². The van der Waals surface area contributed by atoms with Crippen LogP contribution in [0.2, 0.25) is 0 Å². The number of benzene rings is 1. The van der Waals surface area contributed by atoms with E-state index >= 15 is 0 Å². The lowest BCUT2D eigenvalue weighted by Crippen LogP contribution is -2.13. The molecule has 0 bridgehead atoms. The summed E-state index contributed by atoms with van der Waals surface area (Å²) in [5, 5.41) is 2.45. The number of carbonyl (C=O) groups excluding carboxylic acids is 1. The Morgan fingerprint density at radius 1 is 1.57 bits per heavy atom. The number of carbonyl (C=O) groups is 1. The fourth-order valence-electron chi connectivity index (χ4n) is 0.866. The fraction of sp³-hybridized carbons (Fsp3) is 0.100. The molecule has 0 aliphatic rings. The molecule has 0 heterocycles. The van der Waals surface area contributed by atoms with Gasteiger partial charge in [-0.1, -0.05) is 6.58 Å². The maximum absolute atomic E-state index is 12.8. The molecule has 0 atom stereocenters. The summed E-state index contributed by atoms with van der Waals surface area (Å²) < 4.78 is 12.8. The summed E-state index contributed by atoms with van der Waals surface area (Å²) in [4.78, 5) is 11.2. The van der Waals surface area contributed by atoms with E-state index in [2.05, 4.69) is 11.9 Å². The van der Waals surface area contributed by atoms with Gasteiger partial charge >= 0.3 is 0 Å². The number of hydrogen-bond acceptors (Lipinski definition) is 2. The van der Waals surface area contributed by atoms with Crippen LogP contribution in [0.3, 0.4) is 0 Å². The lowest BCUT2D eigenvalue weighted by molar-refractivity contribution is -0.112. The van der Waals surface area contributed by atoms with E-state index in [1.807, 2.05) is 0 Å². The van der Waals surface area contributed by atoms with Gasteiger partial charge in [0.15, 0.2) is 0 Å². The zero-order chi connectivity index (χ0) is 10.7. The summed E-state index contributed by atoms with van der Waals surface area (Å²) in [5.74, 6) is -0.821. The summed E-state index contributed by atoms with van der Waals surface area (Å²) in [5.41, 5.74) is 6.45. The normalized spacial score (nSPS) is 9.57. The molecule has 3 N–H and O–H groups in total. The third-order valence-corrected chi connectivity index (χ3v) is 1.65. The average molecular weight is 194 g/mol. The van der Waals surface area contributed by atoms with Crippen molar-refractivity contribution in [1.29, 1.82) is 0 Å². The van der Waals surface area contributed by atoms with Crippen molar-refractivity contribution >= 4 is 17.3 Å². The van der Waals surface area contributed by atoms with Gasteiger partial charge in [-0.05, 0) is 25.1 Å². The van der Waals surface area contributed by atoms with Gasteiger partial charge in [-0.15, -0.1) is 0 Å². The Balaban J connectivity index is 2.91. The Kier molecular flexibility index (Phi) is 2.86. The predicted octanol–water partition coefficient (Wildman–Crippen LogP) is 1.92. The highest BCUT2D eigenvalue weighted by Crippen LogP contribution is 2.19. The second kappa shape index (κ2) is 3.91. The smallest absolute Gasteiger partial charge is 0.250 e. The quantitative estimate of drug-likeness (QED) is 0.558. The Bertz CT molecular complexity index is 388. The second-order valence-electron chi connectivity index (χ2n) is 2.97. The first-order chi connectivity index (χ1) is 6.50. The van der Waals surface area contributed by atoms with E-state index in [-0.39, 0.29) is 11.6 Å². The standard InChI is InChI=1S/C10H11FN2O/c1-6(2)10(14)13-9-5-7(11)3-4-8(9)12/h3-5H,1,12H2,2H3,(H,13,14). The van der Waals surface area contributed by atoms with Crippen LogP contribution in [-0.2, 0) is 4.79 Å². The van der Waals surface area contributed by atoms with Crippen molar-refractivity contribution in [3.63, 3.8) is 0 Å². The van der Waals surface area contributed by atoms with Crippen LogP contribution in [0.1, 0.15) is 6.92 Å². The van der Waals surface area contributed by atoms with Crippen molar-refractivity contribution in [3.8, 4) is 0 Å². The van der Waals surface area contributed by atoms with Gasteiger partial charge in [0.25, 0.3) is 5.91 Å². The van der Waals surface area contributed by atoms with Crippen LogP contribution in [0.5, 0.6) is 0 Å². The molecule has 0 fully saturated rings. The Hall–Kier alpha value is -1.84. The molecule has 0 aliphatic carbocycles. The molecule has 1 amide bonds. The van der Waals surface area contributed by atoms with Crippen LogP contribution >= 0.6 is 0 Å². The molecule has 3 nitrogen and oxygen atoms in total. The van der Waals surface area contributed by atoms with Crippen molar-refractivity contribution in [3.05, 3.63) is 36.2 Å². The van der Waals surface area contributed by atoms with Gasteiger partial charge in [-0.2, -0.15) is 0 Å². The molecule has 0 radical (unpaired) electrons. The van der Waals surface area contributed by atoms with E-state index < -0.39 is 5.82 Å². The molecular weight excluding hydrogens is 183 g/mol. The monoisotopic (exact) mass is 194 g/mol. The molecular formula is C10H11FN2O. The Morgan fingerprint density at radius 3 is 2.79 bits per heavy atom. The molecule has 1 aromatic carbocycles. The van der Waals surface area contributed by atoms with Crippen LogP contribution in [0.25, 0.3) is 0 Å². The summed E-state index contributed by atoms with van der Waals surface area (Å²) in [6.45, 7) is 5.02. The van der Waals surface area contributed by atoms with Crippen LogP contribution < -0.4 is 11.1 Å². The van der Waals surface area contributed by atoms with Gasteiger partial charge in [0.1, 0.15) is 5.82 Å². The highest BCUT2D eigenvalue weighted by Gasteiger charge is 2.06. The minimum Gasteiger partial charge on any atom is -0.397 e. The summed E-state index contributed by atoms with van der Waals surface area (Å²) in [6.07, 6.45) is 0. The number of amides is 1. The van der Waals surface area contributed by atoms with Gasteiger partial charge in [-0.25, -0.2) is 4.39 Å². The Morgan fingerprint density at radius 2 is 2.21 bits per heavy atom. The first-order valence-electron chi connectivity index (χ1n) is 4.02. The molecule has 1 rings (SSSR count). The zero-order valence-electron chi connectivity index (χ0n) is 7.80. The minimum atomic E-state index is -0.448. The van der Waals surface area contributed by atoms with Gasteiger partial charge in [0.2, 0.25) is 0 Å². The number of rotatable bonds is 2. The van der Waals surface area contributed by atoms with Crippen molar-refractivity contribution in [2.45, 2.75) is 6.92 Å². The van der Waals surface area contributed by atoms with Gasteiger partial charge in [0.05, 0.1) is 11.4 Å². The molecule has 0 spiro atoms. The van der Waals surface area contributed by atoms with E-state index in [9.17, 15) is 9.18 Å². The molecule has 74 valence electrons. The highest BCUT2D eigenvalue weighted by atomic mass is 19.1. The minimum absolute atomic E-state index is 0.262. The van der Waals surface area contributed by atoms with Gasteiger partial charge < -0.3 is 11.1 Å². The molecule has 4 heteroatoms. The average Bonchev–Trinajstić information content (AvgIpc) is 2.11. The number of anilines is 2. The first-order valence-corrected chi connectivity index (χ1v) is 4.02. The van der Waals surface area contributed by atoms with Gasteiger partial charge in [-0.3, -0.25) is 4.79 Å². The third-order valence-electron chi connectivity index (χ3n) is 1.65. The van der Waals surface area contributed by atoms with Crippen molar-refractivity contribution in [1.82, 2.24) is 0 Å². The number of hydrogen-bond donors (Lipinski definition) is 2. The molecule has 0 aromatic heterocycles. The molecule has 0 unspecified atom stereocenters. The number of nitrogens with two attached hydrogens (primary N) is 1. The van der Waals surface area contributed by atoms with Crippen LogP contribution in [0.4, 0.5) is 15.8 Å². The first kappa shape index (κ1) is 10.2. The largest absolute Gasteiger partial charge is 0.397 e. The summed E-state index contributed by atoms with van der Waals surface area (Å²) >= 11 is 0. The molecule has 0 saturated heterocycles. The van der Waals surface area contributed by atoms with Crippen molar-refractivity contribution < 1.29 is 9.18 Å². The SMILES string of the molecule is C=C(C)C(=O)Nc1cc(F)ccc1N. The van der Waals surface area contributed by atoms with E-state index in [0.717, 1.165) is 6.07 Å². The van der Waals surface area contributed by atoms with Crippen LogP contribution in [0.15, 0.2) is 30.4 Å². The van der Waals surface area contributed by atoms with Crippen molar-refractivity contribution in [2.75, 3.05) is 11.1 Å². The molecule has 1 aromatic rings. The van der Waals surface area contributed by atoms with E-state index in [1.165, 1.54) is 12.1 Å². The van der Waals surface area contributed by atoms with Crippen LogP contribution in [0, 0.1) is 5.82 Å². The second-order valence-corrected chi connectivity index (χ2v) is 2.97. The highest BCUT2D eigenvalue weighted by molar-refractivity contribution is 6.04. The topological polar surface area (TPSA) is 55.1 Å². The third kappa shape index (κ3) is 2.32. The zero-order valence-corrected chi connectivity index (χ0v) is 7.80. The maximum atomic E-state index is 12.8. The van der Waals surface area contributed by atoms with E-state index in [4.69, 9.17) is 5.73 Å². The number of nitrogens with one attached hydrogen (secondary N) is 1. The number of nitrogen functional groups attached to an aromatic ring is 1. The fourth-order valence-corrected chi connectivity index (χ4v) is 0.866. The van der Waals surface area contributed by atoms with Gasteiger partial charge in [0, 0.05) is 5.57 Å². The summed E-state index contributed by atoms with van der Waals surface area (Å²) in [6, 6.07) is 3.78. The Labute approximate surface area is 81.4 Å². The summed E-state index contributed by atoms with van der Waals surface area (Å²) in [7, 11) is 0. The number of halogens is 1. The molecule has 14 heavy (non-hydrogen) atoms. The lowest BCUT2D eigenvalue weighted by Gasteiger charge is -2.07. The predicted molar refractivity (Wildman–Crippen MR) is 54.3 cm³/mol. The molecule has 0 saturated carbocycles. The van der Waals surface area contributed by atoms with E-state index in [0.29, 0.717) is 11.3 Å². The van der Waals surface area contributed by atoms with E-state index in [1.54, 1.807) is 6.92 Å². The maximum Gasteiger partial charge on any atom is 0.250 e. The molecule has 0 aliphatic heterocycles.